The van der Waals surface area contributed by atoms with Crippen LogP contribution in [-0.4, -0.2) is 12.2 Å². The van der Waals surface area contributed by atoms with E-state index >= 15 is 0 Å². The summed E-state index contributed by atoms with van der Waals surface area (Å²) in [6.07, 6.45) is 0. The fourth-order valence-electron chi connectivity index (χ4n) is 2.42. The first-order valence-corrected chi connectivity index (χ1v) is 7.20. The van der Waals surface area contributed by atoms with Gasteiger partial charge in [-0.2, -0.15) is 0 Å². The van der Waals surface area contributed by atoms with E-state index in [1.807, 2.05) is 31.2 Å². The summed E-state index contributed by atoms with van der Waals surface area (Å²) in [6, 6.07) is 14.1. The van der Waals surface area contributed by atoms with Crippen LogP contribution in [0.5, 0.6) is 5.75 Å². The second kappa shape index (κ2) is 7.25. The molecule has 2 aromatic rings. The van der Waals surface area contributed by atoms with Crippen LogP contribution in [0.4, 0.5) is 0 Å². The maximum atomic E-state index is 10.0. The largest absolute Gasteiger partial charge is 0.508 e. The molecule has 0 bridgehead atoms. The summed E-state index contributed by atoms with van der Waals surface area (Å²) in [5.41, 5.74) is 4.39. The number of rotatable bonds is 6. The molecular weight excluding hydrogens is 262 g/mol. The number of nitrogens with one attached hydrogen (secondary N) is 1. The number of methoxy groups -OCH3 is 1. The second-order valence-electron chi connectivity index (χ2n) is 5.37. The molecule has 0 radical (unpaired) electrons. The Labute approximate surface area is 126 Å². The summed E-state index contributed by atoms with van der Waals surface area (Å²) in [6.45, 7) is 5.39. The third-order valence-corrected chi connectivity index (χ3v) is 3.67. The molecule has 21 heavy (non-hydrogen) atoms. The molecule has 112 valence electrons. The van der Waals surface area contributed by atoms with Crippen molar-refractivity contribution in [3.05, 3.63) is 64.7 Å². The van der Waals surface area contributed by atoms with Crippen LogP contribution in [0.1, 0.15) is 35.2 Å². The van der Waals surface area contributed by atoms with Crippen LogP contribution in [-0.2, 0) is 17.9 Å². The van der Waals surface area contributed by atoms with Gasteiger partial charge in [0.15, 0.2) is 0 Å². The van der Waals surface area contributed by atoms with Crippen molar-refractivity contribution in [3.63, 3.8) is 0 Å². The number of aromatic hydroxyl groups is 1. The number of ether oxygens (including phenoxy) is 1. The summed E-state index contributed by atoms with van der Waals surface area (Å²) < 4.78 is 5.22. The summed E-state index contributed by atoms with van der Waals surface area (Å²) in [7, 11) is 1.71. The Bertz CT molecular complexity index is 596. The highest BCUT2D eigenvalue weighted by Gasteiger charge is 2.10. The Morgan fingerprint density at radius 2 is 1.86 bits per heavy atom. The average molecular weight is 285 g/mol. The van der Waals surface area contributed by atoms with Gasteiger partial charge in [-0.1, -0.05) is 36.4 Å². The topological polar surface area (TPSA) is 41.5 Å². The van der Waals surface area contributed by atoms with Crippen LogP contribution in [0.3, 0.4) is 0 Å². The van der Waals surface area contributed by atoms with E-state index in [4.69, 9.17) is 4.74 Å². The van der Waals surface area contributed by atoms with Gasteiger partial charge in [0.25, 0.3) is 0 Å². The molecule has 0 saturated carbocycles. The number of phenolic OH excluding ortho intramolecular Hbond substituents is 1. The van der Waals surface area contributed by atoms with Gasteiger partial charge >= 0.3 is 0 Å². The quantitative estimate of drug-likeness (QED) is 0.850. The average Bonchev–Trinajstić information content (AvgIpc) is 2.46. The zero-order chi connectivity index (χ0) is 15.2. The lowest BCUT2D eigenvalue weighted by atomic mass is 10.0. The van der Waals surface area contributed by atoms with Crippen LogP contribution in [0.15, 0.2) is 42.5 Å². The van der Waals surface area contributed by atoms with Crippen molar-refractivity contribution in [1.29, 1.82) is 0 Å². The molecule has 0 aliphatic carbocycles. The van der Waals surface area contributed by atoms with E-state index in [2.05, 4.69) is 24.4 Å². The minimum Gasteiger partial charge on any atom is -0.508 e. The van der Waals surface area contributed by atoms with E-state index in [9.17, 15) is 5.11 Å². The van der Waals surface area contributed by atoms with Gasteiger partial charge in [-0.3, -0.25) is 0 Å². The van der Waals surface area contributed by atoms with E-state index in [-0.39, 0.29) is 6.04 Å². The van der Waals surface area contributed by atoms with Gasteiger partial charge in [0.2, 0.25) is 0 Å². The van der Waals surface area contributed by atoms with Gasteiger partial charge in [-0.15, -0.1) is 0 Å². The molecule has 0 spiro atoms. The molecular formula is C18H23NO2. The fraction of sp³-hybridized carbons (Fsp3) is 0.333. The summed E-state index contributed by atoms with van der Waals surface area (Å²) in [5.74, 6) is 0.347. The molecule has 0 fully saturated rings. The summed E-state index contributed by atoms with van der Waals surface area (Å²) >= 11 is 0. The van der Waals surface area contributed by atoms with Crippen molar-refractivity contribution in [2.75, 3.05) is 7.11 Å². The van der Waals surface area contributed by atoms with Crippen molar-refractivity contribution in [2.24, 2.45) is 0 Å². The highest BCUT2D eigenvalue weighted by Crippen LogP contribution is 2.25. The maximum absolute atomic E-state index is 10.0. The van der Waals surface area contributed by atoms with Gasteiger partial charge < -0.3 is 15.2 Å². The van der Waals surface area contributed by atoms with Gasteiger partial charge in [-0.05, 0) is 36.6 Å². The first-order chi connectivity index (χ1) is 10.1. The van der Waals surface area contributed by atoms with Crippen LogP contribution < -0.4 is 5.32 Å². The minimum atomic E-state index is 0.0844. The molecule has 3 nitrogen and oxygen atoms in total. The summed E-state index contributed by atoms with van der Waals surface area (Å²) in [5, 5.41) is 13.5. The molecule has 0 aliphatic rings. The molecule has 3 heteroatoms. The number of aryl methyl sites for hydroxylation is 1. The molecule has 2 aromatic carbocycles. The van der Waals surface area contributed by atoms with Gasteiger partial charge in [-0.25, -0.2) is 0 Å². The zero-order valence-corrected chi connectivity index (χ0v) is 12.9. The second-order valence-corrected chi connectivity index (χ2v) is 5.37. The number of hydrogen-bond acceptors (Lipinski definition) is 3. The lowest BCUT2D eigenvalue weighted by Gasteiger charge is -2.17. The number of benzene rings is 2. The third kappa shape index (κ3) is 4.06. The van der Waals surface area contributed by atoms with Crippen molar-refractivity contribution in [3.8, 4) is 5.75 Å². The fourth-order valence-corrected chi connectivity index (χ4v) is 2.42. The maximum Gasteiger partial charge on any atom is 0.120 e. The molecule has 0 amide bonds. The van der Waals surface area contributed by atoms with E-state index in [0.717, 1.165) is 17.7 Å². The first kappa shape index (κ1) is 15.5. The van der Waals surface area contributed by atoms with E-state index < -0.39 is 0 Å². The van der Waals surface area contributed by atoms with Crippen molar-refractivity contribution in [1.82, 2.24) is 5.32 Å². The molecule has 2 rings (SSSR count). The third-order valence-electron chi connectivity index (χ3n) is 3.67. The highest BCUT2D eigenvalue weighted by atomic mass is 16.5. The van der Waals surface area contributed by atoms with Crippen molar-refractivity contribution in [2.45, 2.75) is 33.0 Å². The Morgan fingerprint density at radius 1 is 1.14 bits per heavy atom. The Kier molecular flexibility index (Phi) is 5.37. The normalized spacial score (nSPS) is 12.3. The van der Waals surface area contributed by atoms with E-state index in [1.165, 1.54) is 11.1 Å². The van der Waals surface area contributed by atoms with Crippen LogP contribution in [0, 0.1) is 6.92 Å². The first-order valence-electron chi connectivity index (χ1n) is 7.20. The highest BCUT2D eigenvalue weighted by molar-refractivity contribution is 5.38. The standard InChI is InChI=1S/C18H23NO2/c1-13-8-9-17(18(20)10-13)14(2)19-11-15-6-4-5-7-16(15)12-21-3/h4-10,14,19-20H,11-12H2,1-3H3. The molecule has 2 N–H and O–H groups in total. The lowest BCUT2D eigenvalue weighted by molar-refractivity contribution is 0.184. The van der Waals surface area contributed by atoms with Crippen LogP contribution >= 0.6 is 0 Å². The number of phenols is 1. The molecule has 0 aromatic heterocycles. The Balaban J connectivity index is 2.05. The SMILES string of the molecule is COCc1ccccc1CNC(C)c1ccc(C)cc1O. The smallest absolute Gasteiger partial charge is 0.120 e. The molecule has 0 aliphatic heterocycles. The molecule has 1 unspecified atom stereocenters. The van der Waals surface area contributed by atoms with Gasteiger partial charge in [0, 0.05) is 25.3 Å². The Hall–Kier alpha value is -1.84. The Morgan fingerprint density at radius 3 is 2.52 bits per heavy atom. The molecule has 0 saturated heterocycles. The van der Waals surface area contributed by atoms with Crippen molar-refractivity contribution < 1.29 is 9.84 Å². The van der Waals surface area contributed by atoms with E-state index in [0.29, 0.717) is 12.4 Å². The minimum absolute atomic E-state index is 0.0844. The van der Waals surface area contributed by atoms with Crippen LogP contribution in [0.2, 0.25) is 0 Å². The molecule has 1 atom stereocenters. The van der Waals surface area contributed by atoms with Crippen LogP contribution in [0.25, 0.3) is 0 Å². The number of hydrogen-bond donors (Lipinski definition) is 2. The van der Waals surface area contributed by atoms with Gasteiger partial charge in [0.1, 0.15) is 5.75 Å². The summed E-state index contributed by atoms with van der Waals surface area (Å²) in [4.78, 5) is 0. The lowest BCUT2D eigenvalue weighted by Crippen LogP contribution is -2.19. The predicted molar refractivity (Wildman–Crippen MR) is 85.3 cm³/mol. The van der Waals surface area contributed by atoms with Gasteiger partial charge in [0.05, 0.1) is 6.61 Å². The van der Waals surface area contributed by atoms with Crippen molar-refractivity contribution >= 4 is 0 Å². The van der Waals surface area contributed by atoms with E-state index in [1.54, 1.807) is 13.2 Å². The molecule has 0 heterocycles. The zero-order valence-electron chi connectivity index (χ0n) is 12.9. The predicted octanol–water partition coefficient (Wildman–Crippen LogP) is 3.70. The monoisotopic (exact) mass is 285 g/mol.